The zero-order chi connectivity index (χ0) is 30.5. The molecule has 222 valence electrons. The Bertz CT molecular complexity index is 1940. The number of aryl methyl sites for hydroxylation is 3. The third-order valence-electron chi connectivity index (χ3n) is 8.70. The number of nitrogens with one attached hydrogen (secondary N) is 3. The van der Waals surface area contributed by atoms with Crippen molar-refractivity contribution in [2.45, 2.75) is 46.1 Å². The van der Waals surface area contributed by atoms with Gasteiger partial charge in [0.2, 0.25) is 11.9 Å². The summed E-state index contributed by atoms with van der Waals surface area (Å²) >= 11 is 0. The molecule has 3 aromatic heterocycles. The lowest BCUT2D eigenvalue weighted by atomic mass is 9.87. The molecule has 0 spiro atoms. The minimum absolute atomic E-state index is 0.0971. The smallest absolute Gasteiger partial charge is 0.259 e. The summed E-state index contributed by atoms with van der Waals surface area (Å²) < 4.78 is 1.79. The maximum atomic E-state index is 13.7. The summed E-state index contributed by atoms with van der Waals surface area (Å²) in [6.07, 6.45) is 5.70. The van der Waals surface area contributed by atoms with Gasteiger partial charge in [0, 0.05) is 77.7 Å². The van der Waals surface area contributed by atoms with E-state index in [9.17, 15) is 14.4 Å². The Balaban J connectivity index is 1.18. The molecular formula is C33H32N8O3. The topological polar surface area (TPSA) is 138 Å². The monoisotopic (exact) mass is 588 g/mol. The van der Waals surface area contributed by atoms with Crippen molar-refractivity contribution < 1.29 is 14.4 Å². The van der Waals surface area contributed by atoms with Crippen LogP contribution in [0.4, 0.5) is 23.1 Å². The highest BCUT2D eigenvalue weighted by Gasteiger charge is 2.33. The zero-order valence-corrected chi connectivity index (χ0v) is 24.8. The van der Waals surface area contributed by atoms with Gasteiger partial charge in [-0.2, -0.15) is 5.10 Å². The normalized spacial score (nSPS) is 15.2. The highest BCUT2D eigenvalue weighted by molar-refractivity contribution is 6.15. The Labute approximate surface area is 253 Å². The molecule has 3 N–H and O–H groups in total. The number of H-pyrrole nitrogens is 1. The molecule has 7 rings (SSSR count). The molecule has 0 unspecified atom stereocenters. The number of ketones is 1. The number of hydrogen-bond acceptors (Lipinski definition) is 7. The van der Waals surface area contributed by atoms with E-state index in [-0.39, 0.29) is 23.5 Å². The van der Waals surface area contributed by atoms with Crippen LogP contribution in [0.3, 0.4) is 0 Å². The van der Waals surface area contributed by atoms with Crippen molar-refractivity contribution in [3.05, 3.63) is 77.2 Å². The Hall–Kier alpha value is -5.32. The molecule has 11 nitrogen and oxygen atoms in total. The van der Waals surface area contributed by atoms with Crippen molar-refractivity contribution in [2.75, 3.05) is 15.5 Å². The minimum Gasteiger partial charge on any atom is -0.359 e. The van der Waals surface area contributed by atoms with Gasteiger partial charge in [0.1, 0.15) is 5.78 Å². The summed E-state index contributed by atoms with van der Waals surface area (Å²) in [6.45, 7) is 4.27. The first-order chi connectivity index (χ1) is 21.3. The molecule has 11 heteroatoms. The molecule has 0 saturated heterocycles. The molecule has 2 amide bonds. The molecule has 1 fully saturated rings. The first-order valence-corrected chi connectivity index (χ1v) is 14.7. The van der Waals surface area contributed by atoms with Crippen LogP contribution in [0, 0.1) is 19.8 Å². The molecule has 2 aliphatic rings. The van der Waals surface area contributed by atoms with Gasteiger partial charge in [-0.1, -0.05) is 18.2 Å². The van der Waals surface area contributed by atoms with E-state index in [4.69, 9.17) is 4.98 Å². The van der Waals surface area contributed by atoms with Gasteiger partial charge in [0.05, 0.1) is 23.4 Å². The van der Waals surface area contributed by atoms with Crippen LogP contribution in [0.5, 0.6) is 0 Å². The molecule has 4 heterocycles. The number of carbonyl (C=O) groups excluding carboxylic acids is 3. The number of anilines is 4. The fourth-order valence-electron chi connectivity index (χ4n) is 6.15. The van der Waals surface area contributed by atoms with Crippen LogP contribution in [-0.4, -0.2) is 42.3 Å². The van der Waals surface area contributed by atoms with E-state index in [0.717, 1.165) is 44.7 Å². The zero-order valence-electron chi connectivity index (χ0n) is 24.8. The third-order valence-corrected chi connectivity index (χ3v) is 8.70. The fourth-order valence-corrected chi connectivity index (χ4v) is 6.15. The Morgan fingerprint density at radius 2 is 1.84 bits per heavy atom. The predicted octanol–water partition coefficient (Wildman–Crippen LogP) is 5.58. The minimum atomic E-state index is -0.197. The number of nitrogens with zero attached hydrogens (tertiary/aromatic N) is 5. The lowest BCUT2D eigenvalue weighted by molar-refractivity contribution is -0.125. The average molecular weight is 589 g/mol. The van der Waals surface area contributed by atoms with Crippen molar-refractivity contribution >= 4 is 51.6 Å². The largest absolute Gasteiger partial charge is 0.359 e. The highest BCUT2D eigenvalue weighted by Crippen LogP contribution is 2.39. The Morgan fingerprint density at radius 1 is 1.05 bits per heavy atom. The van der Waals surface area contributed by atoms with Gasteiger partial charge in [-0.25, -0.2) is 9.97 Å². The maximum Gasteiger partial charge on any atom is 0.259 e. The maximum absolute atomic E-state index is 13.7. The average Bonchev–Trinajstić information content (AvgIpc) is 3.69. The van der Waals surface area contributed by atoms with E-state index in [1.807, 2.05) is 57.4 Å². The van der Waals surface area contributed by atoms with Crippen LogP contribution in [0.1, 0.15) is 52.9 Å². The molecule has 44 heavy (non-hydrogen) atoms. The van der Waals surface area contributed by atoms with Crippen LogP contribution < -0.4 is 15.5 Å². The summed E-state index contributed by atoms with van der Waals surface area (Å²) in [6, 6.07) is 13.2. The molecule has 1 aliphatic carbocycles. The number of carbonyl (C=O) groups is 3. The quantitative estimate of drug-likeness (QED) is 0.236. The third kappa shape index (κ3) is 4.80. The van der Waals surface area contributed by atoms with Crippen molar-refractivity contribution in [2.24, 2.45) is 13.0 Å². The Kier molecular flexibility index (Phi) is 6.72. The predicted molar refractivity (Wildman–Crippen MR) is 168 cm³/mol. The number of para-hydroxylation sites is 1. The van der Waals surface area contributed by atoms with E-state index in [1.54, 1.807) is 27.9 Å². The van der Waals surface area contributed by atoms with E-state index < -0.39 is 0 Å². The number of fused-ring (bicyclic) bond motifs is 2. The number of amides is 2. The van der Waals surface area contributed by atoms with Gasteiger partial charge in [-0.15, -0.1) is 0 Å². The molecule has 0 atom stereocenters. The van der Waals surface area contributed by atoms with E-state index >= 15 is 0 Å². The molecule has 1 aliphatic heterocycles. The van der Waals surface area contributed by atoms with Gasteiger partial charge in [0.15, 0.2) is 5.82 Å². The van der Waals surface area contributed by atoms with Crippen molar-refractivity contribution in [1.29, 1.82) is 0 Å². The van der Waals surface area contributed by atoms with Gasteiger partial charge < -0.3 is 20.5 Å². The first-order valence-electron chi connectivity index (χ1n) is 14.7. The summed E-state index contributed by atoms with van der Waals surface area (Å²) in [5.41, 5.74) is 7.13. The second-order valence-corrected chi connectivity index (χ2v) is 11.6. The van der Waals surface area contributed by atoms with E-state index in [0.29, 0.717) is 55.2 Å². The van der Waals surface area contributed by atoms with E-state index in [2.05, 4.69) is 25.7 Å². The number of aromatic amines is 1. The van der Waals surface area contributed by atoms with Crippen LogP contribution in [0.2, 0.25) is 0 Å². The van der Waals surface area contributed by atoms with E-state index in [1.165, 1.54) is 0 Å². The highest BCUT2D eigenvalue weighted by atomic mass is 16.2. The lowest BCUT2D eigenvalue weighted by Gasteiger charge is -2.21. The summed E-state index contributed by atoms with van der Waals surface area (Å²) in [5, 5.41) is 11.6. The Morgan fingerprint density at radius 3 is 2.61 bits per heavy atom. The SMILES string of the molecule is Cc1cnc(Nc2cc(C)n(C)n2)nc1-c1c[nH]c2c(N3Cc4c(NC(=O)C5CCC(=O)CC5)cccc4C3=O)cccc12. The number of benzene rings is 2. The lowest BCUT2D eigenvalue weighted by Crippen LogP contribution is -2.27. The molecule has 1 saturated carbocycles. The van der Waals surface area contributed by atoms with Crippen molar-refractivity contribution in [1.82, 2.24) is 24.7 Å². The van der Waals surface area contributed by atoms with Gasteiger partial charge in [-0.05, 0) is 50.5 Å². The molecular weight excluding hydrogens is 556 g/mol. The summed E-state index contributed by atoms with van der Waals surface area (Å²) in [7, 11) is 1.88. The van der Waals surface area contributed by atoms with Crippen molar-refractivity contribution in [3.63, 3.8) is 0 Å². The first kappa shape index (κ1) is 27.5. The molecule has 0 radical (unpaired) electrons. The number of Topliss-reactive ketones (excluding diaryl/α,β-unsaturated/α-hetero) is 1. The number of rotatable bonds is 6. The second-order valence-electron chi connectivity index (χ2n) is 11.6. The van der Waals surface area contributed by atoms with Crippen LogP contribution in [0.25, 0.3) is 22.2 Å². The van der Waals surface area contributed by atoms with Gasteiger partial charge in [0.25, 0.3) is 5.91 Å². The molecule has 0 bridgehead atoms. The number of aromatic nitrogens is 5. The summed E-state index contributed by atoms with van der Waals surface area (Å²) in [5.74, 6) is 0.894. The standard InChI is InChI=1S/C33H32N8O3/c1-18-15-35-33(37-28-14-19(2)40(3)39-28)38-29(18)24-16-34-30-22(24)6-5-9-27(30)41-17-25-23(32(41)44)7-4-8-26(25)36-31(43)20-10-12-21(42)13-11-20/h4-9,14-16,20,34H,10-13,17H2,1-3H3,(H,36,43)(H,35,37,38,39). The second kappa shape index (κ2) is 10.7. The van der Waals surface area contributed by atoms with Gasteiger partial charge >= 0.3 is 0 Å². The van der Waals surface area contributed by atoms with Crippen LogP contribution >= 0.6 is 0 Å². The fraction of sp³-hybridized carbons (Fsp3) is 0.273. The number of hydrogen-bond donors (Lipinski definition) is 3. The van der Waals surface area contributed by atoms with Gasteiger partial charge in [-0.3, -0.25) is 19.1 Å². The van der Waals surface area contributed by atoms with Crippen LogP contribution in [-0.2, 0) is 23.2 Å². The van der Waals surface area contributed by atoms with Crippen LogP contribution in [0.15, 0.2) is 54.9 Å². The molecule has 5 aromatic rings. The molecule has 2 aromatic carbocycles. The summed E-state index contributed by atoms with van der Waals surface area (Å²) in [4.78, 5) is 52.8. The van der Waals surface area contributed by atoms with Crippen molar-refractivity contribution in [3.8, 4) is 11.3 Å².